The normalized spacial score (nSPS) is 23.1. The Kier molecular flexibility index (Phi) is 2.13. The molecule has 0 unspecified atom stereocenters. The van der Waals surface area contributed by atoms with Crippen LogP contribution in [0.1, 0.15) is 32.6 Å². The molecule has 0 aromatic carbocycles. The van der Waals surface area contributed by atoms with Crippen molar-refractivity contribution in [3.8, 4) is 0 Å². The summed E-state index contributed by atoms with van der Waals surface area (Å²) in [7, 11) is 0. The second-order valence-electron chi connectivity index (χ2n) is 2.57. The number of allylic oxidation sites excluding steroid dienone is 2. The van der Waals surface area contributed by atoms with E-state index in [1.807, 2.05) is 0 Å². The van der Waals surface area contributed by atoms with Gasteiger partial charge in [0, 0.05) is 0 Å². The standard InChI is InChI=1S/C8H14/c1-2-5-8-6-3-4-7-8/h2,5,8H,3-4,6-7H2,1H3/b5-2-. The molecule has 0 bridgehead atoms. The Bertz CT molecular complexity index is 76.0. The molecule has 1 saturated carbocycles. The Balaban J connectivity index is 2.24. The summed E-state index contributed by atoms with van der Waals surface area (Å²) >= 11 is 0. The summed E-state index contributed by atoms with van der Waals surface area (Å²) < 4.78 is 0. The highest BCUT2D eigenvalue weighted by molar-refractivity contribution is 4.87. The molecule has 1 fully saturated rings. The van der Waals surface area contributed by atoms with Crippen molar-refractivity contribution in [2.75, 3.05) is 0 Å². The van der Waals surface area contributed by atoms with Crippen molar-refractivity contribution in [2.45, 2.75) is 32.6 Å². The first-order valence-corrected chi connectivity index (χ1v) is 3.56. The van der Waals surface area contributed by atoms with Crippen molar-refractivity contribution in [2.24, 2.45) is 5.92 Å². The highest BCUT2D eigenvalue weighted by atomic mass is 14.2. The van der Waals surface area contributed by atoms with Gasteiger partial charge in [0.05, 0.1) is 0 Å². The fourth-order valence-electron chi connectivity index (χ4n) is 1.42. The van der Waals surface area contributed by atoms with Gasteiger partial charge < -0.3 is 0 Å². The van der Waals surface area contributed by atoms with Crippen molar-refractivity contribution in [3.05, 3.63) is 12.2 Å². The Hall–Kier alpha value is -0.260. The van der Waals surface area contributed by atoms with Crippen molar-refractivity contribution in [1.29, 1.82) is 0 Å². The van der Waals surface area contributed by atoms with Crippen LogP contribution in [0.5, 0.6) is 0 Å². The van der Waals surface area contributed by atoms with E-state index >= 15 is 0 Å². The van der Waals surface area contributed by atoms with Gasteiger partial charge in [-0.3, -0.25) is 0 Å². The van der Waals surface area contributed by atoms with Crippen LogP contribution in [-0.4, -0.2) is 0 Å². The molecule has 0 heteroatoms. The molecule has 0 radical (unpaired) electrons. The average Bonchev–Trinajstić information content (AvgIpc) is 2.19. The molecule has 8 heavy (non-hydrogen) atoms. The van der Waals surface area contributed by atoms with Gasteiger partial charge in [-0.05, 0) is 25.7 Å². The Morgan fingerprint density at radius 3 is 2.38 bits per heavy atom. The zero-order valence-corrected chi connectivity index (χ0v) is 5.56. The number of rotatable bonds is 1. The molecule has 1 aliphatic rings. The van der Waals surface area contributed by atoms with Crippen LogP contribution in [0, 0.1) is 5.92 Å². The Morgan fingerprint density at radius 1 is 1.25 bits per heavy atom. The molecule has 0 aromatic heterocycles. The van der Waals surface area contributed by atoms with Crippen LogP contribution in [-0.2, 0) is 0 Å². The van der Waals surface area contributed by atoms with Crippen molar-refractivity contribution in [3.63, 3.8) is 0 Å². The SMILES string of the molecule is C/C=C\C1CCCC1. The zero-order valence-electron chi connectivity index (χ0n) is 5.56. The maximum atomic E-state index is 2.34. The molecule has 0 spiro atoms. The fraction of sp³-hybridized carbons (Fsp3) is 0.750. The minimum absolute atomic E-state index is 0.931. The lowest BCUT2D eigenvalue weighted by molar-refractivity contribution is 0.685. The van der Waals surface area contributed by atoms with Gasteiger partial charge in [-0.25, -0.2) is 0 Å². The molecular formula is C8H14. The molecule has 0 atom stereocenters. The summed E-state index contributed by atoms with van der Waals surface area (Å²) in [6.45, 7) is 2.11. The molecule has 1 aliphatic carbocycles. The molecular weight excluding hydrogens is 96.1 g/mol. The van der Waals surface area contributed by atoms with Crippen LogP contribution < -0.4 is 0 Å². The number of hydrogen-bond donors (Lipinski definition) is 0. The summed E-state index contributed by atoms with van der Waals surface area (Å²) in [6.07, 6.45) is 10.3. The van der Waals surface area contributed by atoms with E-state index in [0.717, 1.165) is 5.92 Å². The van der Waals surface area contributed by atoms with Gasteiger partial charge >= 0.3 is 0 Å². The van der Waals surface area contributed by atoms with E-state index in [2.05, 4.69) is 19.1 Å². The second-order valence-corrected chi connectivity index (χ2v) is 2.57. The van der Waals surface area contributed by atoms with Crippen LogP contribution in [0.4, 0.5) is 0 Å². The Morgan fingerprint density at radius 2 is 1.88 bits per heavy atom. The minimum Gasteiger partial charge on any atom is -0.0914 e. The van der Waals surface area contributed by atoms with Crippen LogP contribution >= 0.6 is 0 Å². The molecule has 0 nitrogen and oxygen atoms in total. The van der Waals surface area contributed by atoms with E-state index in [0.29, 0.717) is 0 Å². The van der Waals surface area contributed by atoms with E-state index < -0.39 is 0 Å². The van der Waals surface area contributed by atoms with Gasteiger partial charge in [-0.2, -0.15) is 0 Å². The van der Waals surface area contributed by atoms with E-state index in [1.165, 1.54) is 25.7 Å². The third kappa shape index (κ3) is 1.36. The Labute approximate surface area is 51.6 Å². The third-order valence-electron chi connectivity index (χ3n) is 1.86. The summed E-state index contributed by atoms with van der Waals surface area (Å²) in [5.41, 5.74) is 0. The predicted molar refractivity (Wildman–Crippen MR) is 36.8 cm³/mol. The van der Waals surface area contributed by atoms with Gasteiger partial charge in [0.15, 0.2) is 0 Å². The molecule has 0 saturated heterocycles. The van der Waals surface area contributed by atoms with E-state index in [9.17, 15) is 0 Å². The molecule has 0 aromatic rings. The quantitative estimate of drug-likeness (QED) is 0.455. The maximum Gasteiger partial charge on any atom is -0.0234 e. The van der Waals surface area contributed by atoms with Crippen LogP contribution in [0.15, 0.2) is 12.2 Å². The van der Waals surface area contributed by atoms with Crippen molar-refractivity contribution >= 4 is 0 Å². The monoisotopic (exact) mass is 110 g/mol. The lowest BCUT2D eigenvalue weighted by Crippen LogP contribution is -1.83. The molecule has 0 aliphatic heterocycles. The minimum atomic E-state index is 0.931. The molecule has 46 valence electrons. The van der Waals surface area contributed by atoms with Crippen LogP contribution in [0.25, 0.3) is 0 Å². The van der Waals surface area contributed by atoms with Gasteiger partial charge in [0.1, 0.15) is 0 Å². The molecule has 0 N–H and O–H groups in total. The largest absolute Gasteiger partial charge is 0.0914 e. The van der Waals surface area contributed by atoms with E-state index in [-0.39, 0.29) is 0 Å². The van der Waals surface area contributed by atoms with Crippen LogP contribution in [0.3, 0.4) is 0 Å². The zero-order chi connectivity index (χ0) is 5.82. The second kappa shape index (κ2) is 2.91. The smallest absolute Gasteiger partial charge is 0.0234 e. The van der Waals surface area contributed by atoms with Crippen molar-refractivity contribution < 1.29 is 0 Å². The first kappa shape index (κ1) is 5.87. The first-order valence-electron chi connectivity index (χ1n) is 3.56. The third-order valence-corrected chi connectivity index (χ3v) is 1.86. The topological polar surface area (TPSA) is 0 Å². The summed E-state index contributed by atoms with van der Waals surface area (Å²) in [6, 6.07) is 0. The first-order chi connectivity index (χ1) is 3.93. The summed E-state index contributed by atoms with van der Waals surface area (Å²) in [4.78, 5) is 0. The highest BCUT2D eigenvalue weighted by Gasteiger charge is 2.09. The van der Waals surface area contributed by atoms with E-state index in [1.54, 1.807) is 0 Å². The lowest BCUT2D eigenvalue weighted by Gasteiger charge is -1.96. The van der Waals surface area contributed by atoms with Crippen molar-refractivity contribution in [1.82, 2.24) is 0 Å². The van der Waals surface area contributed by atoms with Gasteiger partial charge in [-0.15, -0.1) is 0 Å². The summed E-state index contributed by atoms with van der Waals surface area (Å²) in [5, 5.41) is 0. The maximum absolute atomic E-state index is 2.34. The lowest BCUT2D eigenvalue weighted by atomic mass is 10.1. The predicted octanol–water partition coefficient (Wildman–Crippen LogP) is 2.75. The van der Waals surface area contributed by atoms with E-state index in [4.69, 9.17) is 0 Å². The fourth-order valence-corrected chi connectivity index (χ4v) is 1.42. The average molecular weight is 110 g/mol. The number of hydrogen-bond acceptors (Lipinski definition) is 0. The highest BCUT2D eigenvalue weighted by Crippen LogP contribution is 2.25. The van der Waals surface area contributed by atoms with Crippen LogP contribution in [0.2, 0.25) is 0 Å². The van der Waals surface area contributed by atoms with Gasteiger partial charge in [0.25, 0.3) is 0 Å². The molecule has 1 rings (SSSR count). The summed E-state index contributed by atoms with van der Waals surface area (Å²) in [5.74, 6) is 0.931. The molecule has 0 heterocycles. The van der Waals surface area contributed by atoms with Gasteiger partial charge in [-0.1, -0.05) is 25.0 Å². The molecule has 0 amide bonds. The van der Waals surface area contributed by atoms with Gasteiger partial charge in [0.2, 0.25) is 0 Å².